The molecule has 2 aromatic rings. The van der Waals surface area contributed by atoms with E-state index < -0.39 is 0 Å². The van der Waals surface area contributed by atoms with Gasteiger partial charge >= 0.3 is 0 Å². The topological polar surface area (TPSA) is 25.8 Å². The Labute approximate surface area is 199 Å². The second kappa shape index (κ2) is 8.31. The lowest BCUT2D eigenvalue weighted by Crippen LogP contribution is -2.52. The van der Waals surface area contributed by atoms with Crippen LogP contribution in [0.15, 0.2) is 24.4 Å². The second-order valence-corrected chi connectivity index (χ2v) is 12.6. The molecule has 4 fully saturated rings. The maximum atomic E-state index is 13.6. The van der Waals surface area contributed by atoms with Crippen molar-refractivity contribution < 1.29 is 4.39 Å². The minimum absolute atomic E-state index is 0.219. The lowest BCUT2D eigenvalue weighted by molar-refractivity contribution is -0.111. The summed E-state index contributed by atoms with van der Waals surface area (Å²) in [6.45, 7) is 5.36. The van der Waals surface area contributed by atoms with E-state index in [1.165, 1.54) is 82.8 Å². The molecule has 0 saturated heterocycles. The lowest BCUT2D eigenvalue weighted by atomic mass is 9.45. The standard InChI is InChI=1S/C30H41FN2/c1-29-16-4-3-6-21(29)10-13-24-25-14-11-22(30(25,2)17-15-26(24)29)7-5-8-28-32-19-20-9-12-23(31)18-27(20)33-28/h9,12,18-19,21-22,24-26H,3-8,10-11,13-17H2,1-2H3. The van der Waals surface area contributed by atoms with Crippen molar-refractivity contribution in [1.82, 2.24) is 9.97 Å². The van der Waals surface area contributed by atoms with Gasteiger partial charge in [0.25, 0.3) is 0 Å². The molecule has 1 aromatic heterocycles. The van der Waals surface area contributed by atoms with Gasteiger partial charge in [0.1, 0.15) is 11.6 Å². The van der Waals surface area contributed by atoms with E-state index in [1.807, 2.05) is 6.20 Å². The van der Waals surface area contributed by atoms with Crippen molar-refractivity contribution in [3.63, 3.8) is 0 Å². The Balaban J connectivity index is 1.12. The molecule has 4 aliphatic carbocycles. The van der Waals surface area contributed by atoms with Gasteiger partial charge in [0.15, 0.2) is 0 Å². The summed E-state index contributed by atoms with van der Waals surface area (Å²) in [5.41, 5.74) is 1.93. The van der Waals surface area contributed by atoms with Crippen molar-refractivity contribution in [3.05, 3.63) is 36.0 Å². The average molecular weight is 449 g/mol. The molecule has 4 aliphatic rings. The van der Waals surface area contributed by atoms with Gasteiger partial charge in [0, 0.05) is 24.1 Å². The van der Waals surface area contributed by atoms with E-state index >= 15 is 0 Å². The Kier molecular flexibility index (Phi) is 5.54. The number of halogens is 1. The number of rotatable bonds is 4. The third kappa shape index (κ3) is 3.64. The van der Waals surface area contributed by atoms with Crippen LogP contribution >= 0.6 is 0 Å². The van der Waals surface area contributed by atoms with Crippen LogP contribution in [-0.4, -0.2) is 9.97 Å². The van der Waals surface area contributed by atoms with Gasteiger partial charge in [-0.3, -0.25) is 0 Å². The summed E-state index contributed by atoms with van der Waals surface area (Å²) in [5, 5.41) is 0.921. The highest BCUT2D eigenvalue weighted by Crippen LogP contribution is 2.67. The van der Waals surface area contributed by atoms with Crippen LogP contribution in [0.4, 0.5) is 4.39 Å². The van der Waals surface area contributed by atoms with Crippen LogP contribution in [0.1, 0.15) is 96.7 Å². The van der Waals surface area contributed by atoms with Crippen LogP contribution in [0.5, 0.6) is 0 Å². The van der Waals surface area contributed by atoms with Gasteiger partial charge in [-0.05, 0) is 117 Å². The molecule has 0 N–H and O–H groups in total. The molecule has 4 saturated carbocycles. The summed E-state index contributed by atoms with van der Waals surface area (Å²) in [4.78, 5) is 9.21. The molecule has 1 heterocycles. The first kappa shape index (κ1) is 22.0. The molecule has 7 unspecified atom stereocenters. The Hall–Kier alpha value is -1.51. The Morgan fingerprint density at radius 3 is 2.73 bits per heavy atom. The number of hydrogen-bond acceptors (Lipinski definition) is 2. The van der Waals surface area contributed by atoms with Gasteiger partial charge in [0.05, 0.1) is 5.52 Å². The number of nitrogens with zero attached hydrogens (tertiary/aromatic N) is 2. The average Bonchev–Trinajstić information content (AvgIpc) is 3.15. The Morgan fingerprint density at radius 1 is 0.939 bits per heavy atom. The van der Waals surface area contributed by atoms with Gasteiger partial charge in [-0.1, -0.05) is 26.7 Å². The zero-order valence-electron chi connectivity index (χ0n) is 20.7. The minimum atomic E-state index is -0.219. The molecule has 0 aliphatic heterocycles. The SMILES string of the molecule is CC12CCCCC1CCC1C2CCC2(C)C(CCCc3ncc4ccc(F)cc4n3)CCC12. The van der Waals surface area contributed by atoms with Crippen LogP contribution in [0.3, 0.4) is 0 Å². The van der Waals surface area contributed by atoms with Crippen LogP contribution in [0, 0.1) is 46.2 Å². The maximum Gasteiger partial charge on any atom is 0.128 e. The van der Waals surface area contributed by atoms with Crippen molar-refractivity contribution in [1.29, 1.82) is 0 Å². The smallest absolute Gasteiger partial charge is 0.128 e. The minimum Gasteiger partial charge on any atom is -0.241 e. The molecule has 7 atom stereocenters. The highest BCUT2D eigenvalue weighted by Gasteiger charge is 2.59. The summed E-state index contributed by atoms with van der Waals surface area (Å²) in [6.07, 6.45) is 20.0. The summed E-state index contributed by atoms with van der Waals surface area (Å²) in [6, 6.07) is 4.78. The molecule has 0 radical (unpaired) electrons. The molecule has 0 spiro atoms. The molecule has 0 bridgehead atoms. The molecular weight excluding hydrogens is 407 g/mol. The number of aryl methyl sites for hydroxylation is 1. The van der Waals surface area contributed by atoms with Gasteiger partial charge in [-0.15, -0.1) is 0 Å². The molecule has 3 heteroatoms. The van der Waals surface area contributed by atoms with E-state index in [1.54, 1.807) is 6.07 Å². The fraction of sp³-hybridized carbons (Fsp3) is 0.733. The number of hydrogen-bond donors (Lipinski definition) is 0. The van der Waals surface area contributed by atoms with E-state index in [9.17, 15) is 4.39 Å². The molecular formula is C30H41FN2. The summed E-state index contributed by atoms with van der Waals surface area (Å²) in [5.74, 6) is 5.49. The monoisotopic (exact) mass is 448 g/mol. The van der Waals surface area contributed by atoms with E-state index in [-0.39, 0.29) is 5.82 Å². The van der Waals surface area contributed by atoms with Gasteiger partial charge in [-0.2, -0.15) is 0 Å². The van der Waals surface area contributed by atoms with E-state index in [2.05, 4.69) is 23.8 Å². The van der Waals surface area contributed by atoms with Gasteiger partial charge in [0.2, 0.25) is 0 Å². The number of fused-ring (bicyclic) bond motifs is 6. The van der Waals surface area contributed by atoms with Gasteiger partial charge < -0.3 is 0 Å². The molecule has 6 rings (SSSR count). The number of aromatic nitrogens is 2. The zero-order chi connectivity index (χ0) is 22.6. The van der Waals surface area contributed by atoms with Crippen molar-refractivity contribution in [2.24, 2.45) is 40.4 Å². The second-order valence-electron chi connectivity index (χ2n) is 12.6. The molecule has 0 amide bonds. The van der Waals surface area contributed by atoms with Crippen molar-refractivity contribution in [2.75, 3.05) is 0 Å². The normalized spacial score (nSPS) is 40.3. The van der Waals surface area contributed by atoms with Crippen molar-refractivity contribution >= 4 is 10.9 Å². The molecule has 1 aromatic carbocycles. The van der Waals surface area contributed by atoms with Crippen molar-refractivity contribution in [3.8, 4) is 0 Å². The van der Waals surface area contributed by atoms with Crippen LogP contribution in [-0.2, 0) is 6.42 Å². The predicted octanol–water partition coefficient (Wildman–Crippen LogP) is 8.14. The molecule has 33 heavy (non-hydrogen) atoms. The highest BCUT2D eigenvalue weighted by atomic mass is 19.1. The van der Waals surface area contributed by atoms with Crippen molar-refractivity contribution in [2.45, 2.75) is 97.3 Å². The molecule has 178 valence electrons. The third-order valence-corrected chi connectivity index (χ3v) is 11.3. The van der Waals surface area contributed by atoms with E-state index in [4.69, 9.17) is 0 Å². The quantitative estimate of drug-likeness (QED) is 0.472. The van der Waals surface area contributed by atoms with Gasteiger partial charge in [-0.25, -0.2) is 14.4 Å². The van der Waals surface area contributed by atoms with E-state index in [0.717, 1.165) is 59.2 Å². The maximum absolute atomic E-state index is 13.6. The summed E-state index contributed by atoms with van der Waals surface area (Å²) < 4.78 is 13.6. The van der Waals surface area contributed by atoms with Crippen LogP contribution in [0.25, 0.3) is 10.9 Å². The fourth-order valence-electron chi connectivity index (χ4n) is 9.54. The summed E-state index contributed by atoms with van der Waals surface area (Å²) >= 11 is 0. The highest BCUT2D eigenvalue weighted by molar-refractivity contribution is 5.77. The zero-order valence-corrected chi connectivity index (χ0v) is 20.7. The first-order valence-corrected chi connectivity index (χ1v) is 13.9. The third-order valence-electron chi connectivity index (χ3n) is 11.3. The Bertz CT molecular complexity index is 1020. The van der Waals surface area contributed by atoms with Crippen LogP contribution in [0.2, 0.25) is 0 Å². The number of benzene rings is 1. The predicted molar refractivity (Wildman–Crippen MR) is 132 cm³/mol. The Morgan fingerprint density at radius 2 is 1.82 bits per heavy atom. The van der Waals surface area contributed by atoms with E-state index in [0.29, 0.717) is 10.8 Å². The molecule has 2 nitrogen and oxygen atoms in total. The van der Waals surface area contributed by atoms with Crippen LogP contribution < -0.4 is 0 Å². The fourth-order valence-corrected chi connectivity index (χ4v) is 9.54. The summed E-state index contributed by atoms with van der Waals surface area (Å²) in [7, 11) is 0. The first-order chi connectivity index (χ1) is 16.0. The largest absolute Gasteiger partial charge is 0.241 e. The lowest BCUT2D eigenvalue weighted by Gasteiger charge is -2.60. The first-order valence-electron chi connectivity index (χ1n) is 13.9.